The van der Waals surface area contributed by atoms with E-state index in [1.165, 1.54) is 19.3 Å². The zero-order valence-electron chi connectivity index (χ0n) is 12.2. The number of piperidine rings is 1. The third-order valence-corrected chi connectivity index (χ3v) is 3.52. The molecule has 5 nitrogen and oxygen atoms in total. The average molecular weight is 276 g/mol. The highest BCUT2D eigenvalue weighted by Gasteiger charge is 2.19. The van der Waals surface area contributed by atoms with Gasteiger partial charge < -0.3 is 15.5 Å². The molecule has 0 spiro atoms. The summed E-state index contributed by atoms with van der Waals surface area (Å²) in [7, 11) is 0. The highest BCUT2D eigenvalue weighted by molar-refractivity contribution is 5.98. The fourth-order valence-electron chi connectivity index (χ4n) is 2.47. The van der Waals surface area contributed by atoms with Crippen LogP contribution < -0.4 is 15.5 Å². The van der Waals surface area contributed by atoms with Crippen molar-refractivity contribution in [2.45, 2.75) is 26.2 Å². The van der Waals surface area contributed by atoms with Crippen LogP contribution in [0.2, 0.25) is 0 Å². The number of carbonyl (C=O) groups is 1. The summed E-state index contributed by atoms with van der Waals surface area (Å²) in [5.74, 6) is 0.796. The first-order valence-corrected chi connectivity index (χ1v) is 7.52. The lowest BCUT2D eigenvalue weighted by molar-refractivity contribution is 0.0954. The molecule has 1 aliphatic rings. The molecule has 1 aliphatic heterocycles. The summed E-state index contributed by atoms with van der Waals surface area (Å²) in [5, 5.41) is 6.14. The van der Waals surface area contributed by atoms with Gasteiger partial charge in [0.25, 0.3) is 5.91 Å². The summed E-state index contributed by atoms with van der Waals surface area (Å²) in [5.41, 5.74) is 0.686. The van der Waals surface area contributed by atoms with Gasteiger partial charge in [0.05, 0.1) is 5.56 Å². The van der Waals surface area contributed by atoms with Crippen LogP contribution in [0.15, 0.2) is 18.3 Å². The highest BCUT2D eigenvalue weighted by Crippen LogP contribution is 2.21. The minimum atomic E-state index is -0.0309. The number of hydrogen-bond acceptors (Lipinski definition) is 4. The highest BCUT2D eigenvalue weighted by atomic mass is 16.1. The third kappa shape index (κ3) is 3.93. The Kier molecular flexibility index (Phi) is 5.80. The van der Waals surface area contributed by atoms with Crippen molar-refractivity contribution >= 4 is 11.7 Å². The fraction of sp³-hybridized carbons (Fsp3) is 0.600. The maximum absolute atomic E-state index is 12.3. The predicted molar refractivity (Wildman–Crippen MR) is 81.2 cm³/mol. The molecule has 2 rings (SSSR count). The second-order valence-electron chi connectivity index (χ2n) is 5.03. The van der Waals surface area contributed by atoms with Gasteiger partial charge in [-0.2, -0.15) is 0 Å². The Hall–Kier alpha value is -1.62. The molecule has 0 atom stereocenters. The third-order valence-electron chi connectivity index (χ3n) is 3.52. The Morgan fingerprint density at radius 1 is 1.30 bits per heavy atom. The van der Waals surface area contributed by atoms with E-state index < -0.39 is 0 Å². The molecule has 2 heterocycles. The number of anilines is 1. The van der Waals surface area contributed by atoms with Crippen molar-refractivity contribution in [3.05, 3.63) is 23.9 Å². The summed E-state index contributed by atoms with van der Waals surface area (Å²) in [4.78, 5) is 18.9. The first kappa shape index (κ1) is 14.8. The number of likely N-dealkylation sites (N-methyl/N-ethyl adjacent to an activating group) is 1. The lowest BCUT2D eigenvalue weighted by Gasteiger charge is -2.29. The van der Waals surface area contributed by atoms with Gasteiger partial charge in [0.1, 0.15) is 5.82 Å². The minimum Gasteiger partial charge on any atom is -0.356 e. The van der Waals surface area contributed by atoms with E-state index in [-0.39, 0.29) is 5.91 Å². The number of amides is 1. The lowest BCUT2D eigenvalue weighted by atomic mass is 10.1. The van der Waals surface area contributed by atoms with Gasteiger partial charge in [-0.1, -0.05) is 6.92 Å². The van der Waals surface area contributed by atoms with Crippen molar-refractivity contribution in [2.75, 3.05) is 37.6 Å². The van der Waals surface area contributed by atoms with Crippen molar-refractivity contribution in [3.63, 3.8) is 0 Å². The van der Waals surface area contributed by atoms with E-state index in [0.29, 0.717) is 12.1 Å². The first-order chi connectivity index (χ1) is 9.83. The molecule has 5 heteroatoms. The standard InChI is InChI=1S/C15H24N4O/c1-2-16-9-10-18-15(20)13-7-6-8-17-14(13)19-11-4-3-5-12-19/h6-8,16H,2-5,9-12H2,1H3,(H,18,20). The van der Waals surface area contributed by atoms with Crippen LogP contribution >= 0.6 is 0 Å². The average Bonchev–Trinajstić information content (AvgIpc) is 2.52. The predicted octanol–water partition coefficient (Wildman–Crippen LogP) is 1.41. The number of pyridine rings is 1. The van der Waals surface area contributed by atoms with Crippen LogP contribution in [-0.2, 0) is 0 Å². The van der Waals surface area contributed by atoms with Gasteiger partial charge in [-0.15, -0.1) is 0 Å². The fourth-order valence-corrected chi connectivity index (χ4v) is 2.47. The number of nitrogens with zero attached hydrogens (tertiary/aromatic N) is 2. The van der Waals surface area contributed by atoms with Crippen molar-refractivity contribution in [1.29, 1.82) is 0 Å². The van der Waals surface area contributed by atoms with Gasteiger partial charge in [-0.3, -0.25) is 4.79 Å². The Morgan fingerprint density at radius 3 is 2.85 bits per heavy atom. The van der Waals surface area contributed by atoms with Gasteiger partial charge in [-0.05, 0) is 37.9 Å². The van der Waals surface area contributed by atoms with Crippen LogP contribution in [-0.4, -0.2) is 43.6 Å². The first-order valence-electron chi connectivity index (χ1n) is 7.52. The van der Waals surface area contributed by atoms with Gasteiger partial charge in [-0.25, -0.2) is 4.98 Å². The molecule has 20 heavy (non-hydrogen) atoms. The van der Waals surface area contributed by atoms with E-state index in [1.54, 1.807) is 6.20 Å². The quantitative estimate of drug-likeness (QED) is 0.771. The maximum Gasteiger partial charge on any atom is 0.255 e. The molecule has 0 saturated carbocycles. The number of aromatic nitrogens is 1. The van der Waals surface area contributed by atoms with Crippen molar-refractivity contribution in [1.82, 2.24) is 15.6 Å². The van der Waals surface area contributed by atoms with Gasteiger partial charge in [0.15, 0.2) is 0 Å². The molecule has 0 unspecified atom stereocenters. The Labute approximate surface area is 120 Å². The van der Waals surface area contributed by atoms with E-state index in [1.807, 2.05) is 12.1 Å². The normalized spacial score (nSPS) is 15.2. The molecule has 1 aromatic heterocycles. The summed E-state index contributed by atoms with van der Waals surface area (Å²) < 4.78 is 0. The summed E-state index contributed by atoms with van der Waals surface area (Å²) in [6, 6.07) is 3.69. The molecule has 0 radical (unpaired) electrons. The number of rotatable bonds is 6. The van der Waals surface area contributed by atoms with E-state index >= 15 is 0 Å². The Balaban J connectivity index is 2.01. The summed E-state index contributed by atoms with van der Waals surface area (Å²) >= 11 is 0. The number of hydrogen-bond donors (Lipinski definition) is 2. The van der Waals surface area contributed by atoms with E-state index in [9.17, 15) is 4.79 Å². The summed E-state index contributed by atoms with van der Waals surface area (Å²) in [6.45, 7) is 6.39. The molecule has 0 bridgehead atoms. The summed E-state index contributed by atoms with van der Waals surface area (Å²) in [6.07, 6.45) is 5.39. The van der Waals surface area contributed by atoms with Crippen molar-refractivity contribution in [3.8, 4) is 0 Å². The van der Waals surface area contributed by atoms with Crippen LogP contribution in [0.25, 0.3) is 0 Å². The Bertz CT molecular complexity index is 430. The zero-order valence-corrected chi connectivity index (χ0v) is 12.2. The van der Waals surface area contributed by atoms with Crippen LogP contribution in [0.4, 0.5) is 5.82 Å². The van der Waals surface area contributed by atoms with Crippen LogP contribution in [0.1, 0.15) is 36.5 Å². The van der Waals surface area contributed by atoms with E-state index in [4.69, 9.17) is 0 Å². The molecule has 110 valence electrons. The van der Waals surface area contributed by atoms with E-state index in [0.717, 1.165) is 32.0 Å². The largest absolute Gasteiger partial charge is 0.356 e. The molecule has 1 amide bonds. The second-order valence-corrected chi connectivity index (χ2v) is 5.03. The van der Waals surface area contributed by atoms with Gasteiger partial charge in [0.2, 0.25) is 0 Å². The number of carbonyl (C=O) groups excluding carboxylic acids is 1. The SMILES string of the molecule is CCNCCNC(=O)c1cccnc1N1CCCCC1. The molecule has 1 saturated heterocycles. The van der Waals surface area contributed by atoms with Gasteiger partial charge >= 0.3 is 0 Å². The van der Waals surface area contributed by atoms with Crippen molar-refractivity contribution < 1.29 is 4.79 Å². The van der Waals surface area contributed by atoms with E-state index in [2.05, 4.69) is 27.4 Å². The number of nitrogens with one attached hydrogen (secondary N) is 2. The smallest absolute Gasteiger partial charge is 0.255 e. The monoisotopic (exact) mass is 276 g/mol. The van der Waals surface area contributed by atoms with Gasteiger partial charge in [0, 0.05) is 32.4 Å². The maximum atomic E-state index is 12.3. The molecular weight excluding hydrogens is 252 g/mol. The molecule has 2 N–H and O–H groups in total. The molecule has 1 aromatic rings. The van der Waals surface area contributed by atoms with Crippen molar-refractivity contribution in [2.24, 2.45) is 0 Å². The minimum absolute atomic E-state index is 0.0309. The molecule has 1 fully saturated rings. The zero-order chi connectivity index (χ0) is 14.2. The topological polar surface area (TPSA) is 57.3 Å². The van der Waals surface area contributed by atoms with Crippen LogP contribution in [0.3, 0.4) is 0 Å². The Morgan fingerprint density at radius 2 is 2.10 bits per heavy atom. The molecule has 0 aliphatic carbocycles. The second kappa shape index (κ2) is 7.85. The van der Waals surface area contributed by atoms with Crippen LogP contribution in [0.5, 0.6) is 0 Å². The van der Waals surface area contributed by atoms with Crippen LogP contribution in [0, 0.1) is 0 Å². The molecular formula is C15H24N4O. The lowest BCUT2D eigenvalue weighted by Crippen LogP contribution is -2.35. The molecule has 0 aromatic carbocycles.